The van der Waals surface area contributed by atoms with Gasteiger partial charge in [0.05, 0.1) is 19.4 Å². The molecule has 1 amide bonds. The van der Waals surface area contributed by atoms with Crippen LogP contribution in [-0.4, -0.2) is 61.4 Å². The van der Waals surface area contributed by atoms with Crippen LogP contribution >= 0.6 is 0 Å². The molecule has 0 bridgehead atoms. The first kappa shape index (κ1) is 24.8. The van der Waals surface area contributed by atoms with Gasteiger partial charge in [0.1, 0.15) is 5.76 Å². The van der Waals surface area contributed by atoms with Gasteiger partial charge in [0.25, 0.3) is 0 Å². The number of para-hydroxylation sites is 1. The molecule has 1 aromatic carbocycles. The van der Waals surface area contributed by atoms with Crippen molar-refractivity contribution in [2.45, 2.75) is 37.4 Å². The predicted octanol–water partition coefficient (Wildman–Crippen LogP) is 3.83. The quantitative estimate of drug-likeness (QED) is 0.718. The van der Waals surface area contributed by atoms with E-state index in [0.29, 0.717) is 19.6 Å². The van der Waals surface area contributed by atoms with E-state index in [4.69, 9.17) is 19.1 Å². The van der Waals surface area contributed by atoms with Crippen LogP contribution in [0.15, 0.2) is 47.1 Å². The van der Waals surface area contributed by atoms with Crippen molar-refractivity contribution in [2.24, 2.45) is 0 Å². The molecule has 7 nitrogen and oxygen atoms in total. The topological polar surface area (TPSA) is 83.2 Å². The molecule has 1 aromatic heterocycles. The zero-order chi connectivity index (χ0) is 24.1. The standard InChI is InChI=1S/C21H26N2O3.C2HF3O2/c1-25-14-12-23-19-7-3-2-6-18(19)21(15-20(23)24)8-10-22(11-9-21)16-17-5-4-13-26-17;3-2(4,5)1(6)7/h2-7,13H,8-12,14-16H2,1H3;(H,6,7). The Labute approximate surface area is 189 Å². The fourth-order valence-corrected chi connectivity index (χ4v) is 4.41. The largest absolute Gasteiger partial charge is 0.490 e. The molecule has 0 saturated carbocycles. The number of rotatable bonds is 5. The number of halogens is 3. The number of carbonyl (C=O) groups excluding carboxylic acids is 1. The molecular weight excluding hydrogens is 441 g/mol. The van der Waals surface area contributed by atoms with E-state index in [1.807, 2.05) is 23.1 Å². The van der Waals surface area contributed by atoms with Gasteiger partial charge in [-0.3, -0.25) is 9.69 Å². The van der Waals surface area contributed by atoms with Gasteiger partial charge < -0.3 is 19.2 Å². The van der Waals surface area contributed by atoms with Crippen molar-refractivity contribution in [3.8, 4) is 0 Å². The number of fused-ring (bicyclic) bond motifs is 2. The molecule has 4 rings (SSSR count). The first-order chi connectivity index (χ1) is 15.7. The summed E-state index contributed by atoms with van der Waals surface area (Å²) in [5.41, 5.74) is 2.37. The molecule has 180 valence electrons. The molecular formula is C23H27F3N2O5. The average molecular weight is 468 g/mol. The van der Waals surface area contributed by atoms with Crippen LogP contribution in [0, 0.1) is 0 Å². The number of likely N-dealkylation sites (tertiary alicyclic amines) is 1. The van der Waals surface area contributed by atoms with Crippen molar-refractivity contribution in [2.75, 3.05) is 38.3 Å². The van der Waals surface area contributed by atoms with E-state index in [0.717, 1.165) is 43.9 Å². The summed E-state index contributed by atoms with van der Waals surface area (Å²) < 4.78 is 42.4. The molecule has 1 fully saturated rings. The molecule has 2 aromatic rings. The number of furan rings is 1. The lowest BCUT2D eigenvalue weighted by Gasteiger charge is -2.47. The number of methoxy groups -OCH3 is 1. The van der Waals surface area contributed by atoms with Crippen molar-refractivity contribution in [1.82, 2.24) is 4.90 Å². The zero-order valence-corrected chi connectivity index (χ0v) is 18.3. The maximum absolute atomic E-state index is 12.9. The highest BCUT2D eigenvalue weighted by molar-refractivity contribution is 5.98. The second kappa shape index (κ2) is 10.4. The Balaban J connectivity index is 0.000000383. The third-order valence-electron chi connectivity index (χ3n) is 6.09. The normalized spacial score (nSPS) is 17.9. The highest BCUT2D eigenvalue weighted by Crippen LogP contribution is 2.47. The summed E-state index contributed by atoms with van der Waals surface area (Å²) in [6.45, 7) is 4.00. The zero-order valence-electron chi connectivity index (χ0n) is 18.3. The molecule has 2 aliphatic rings. The van der Waals surface area contributed by atoms with Crippen LogP contribution in [0.3, 0.4) is 0 Å². The number of benzene rings is 1. The van der Waals surface area contributed by atoms with Gasteiger partial charge >= 0.3 is 12.1 Å². The summed E-state index contributed by atoms with van der Waals surface area (Å²) in [6.07, 6.45) is -0.739. The minimum Gasteiger partial charge on any atom is -0.475 e. The molecule has 3 heterocycles. The lowest BCUT2D eigenvalue weighted by Crippen LogP contribution is -2.50. The minimum absolute atomic E-state index is 0.0308. The van der Waals surface area contributed by atoms with Crippen LogP contribution in [0.25, 0.3) is 0 Å². The lowest BCUT2D eigenvalue weighted by atomic mass is 9.67. The number of hydrogen-bond acceptors (Lipinski definition) is 5. The second-order valence-electron chi connectivity index (χ2n) is 8.17. The van der Waals surface area contributed by atoms with E-state index in [2.05, 4.69) is 23.1 Å². The van der Waals surface area contributed by atoms with Gasteiger partial charge in [0.15, 0.2) is 0 Å². The van der Waals surface area contributed by atoms with E-state index in [1.165, 1.54) is 5.56 Å². The number of carboxylic acid groups (broad SMARTS) is 1. The second-order valence-corrected chi connectivity index (χ2v) is 8.17. The monoisotopic (exact) mass is 468 g/mol. The van der Waals surface area contributed by atoms with Gasteiger partial charge in [-0.2, -0.15) is 13.2 Å². The van der Waals surface area contributed by atoms with Crippen molar-refractivity contribution < 1.29 is 37.0 Å². The van der Waals surface area contributed by atoms with Gasteiger partial charge in [-0.1, -0.05) is 18.2 Å². The number of ether oxygens (including phenoxy) is 1. The Morgan fingerprint density at radius 3 is 2.42 bits per heavy atom. The lowest BCUT2D eigenvalue weighted by molar-refractivity contribution is -0.192. The van der Waals surface area contributed by atoms with Gasteiger partial charge in [0, 0.05) is 31.2 Å². The van der Waals surface area contributed by atoms with Crippen molar-refractivity contribution in [3.05, 3.63) is 54.0 Å². The number of carboxylic acids is 1. The van der Waals surface area contributed by atoms with E-state index in [9.17, 15) is 18.0 Å². The Bertz CT molecular complexity index is 938. The third-order valence-corrected chi connectivity index (χ3v) is 6.09. The van der Waals surface area contributed by atoms with Crippen LogP contribution < -0.4 is 4.90 Å². The van der Waals surface area contributed by atoms with Gasteiger partial charge in [-0.25, -0.2) is 4.79 Å². The van der Waals surface area contributed by atoms with Crippen LogP contribution in [0.5, 0.6) is 0 Å². The molecule has 0 radical (unpaired) electrons. The molecule has 33 heavy (non-hydrogen) atoms. The van der Waals surface area contributed by atoms with E-state index >= 15 is 0 Å². The number of aliphatic carboxylic acids is 1. The Morgan fingerprint density at radius 1 is 1.18 bits per heavy atom. The minimum atomic E-state index is -5.08. The molecule has 1 N–H and O–H groups in total. The first-order valence-electron chi connectivity index (χ1n) is 10.6. The van der Waals surface area contributed by atoms with Crippen molar-refractivity contribution >= 4 is 17.6 Å². The number of amides is 1. The van der Waals surface area contributed by atoms with E-state index in [1.54, 1.807) is 13.4 Å². The number of nitrogens with zero attached hydrogens (tertiary/aromatic N) is 2. The summed E-state index contributed by atoms with van der Waals surface area (Å²) in [5, 5.41) is 7.12. The smallest absolute Gasteiger partial charge is 0.475 e. The highest BCUT2D eigenvalue weighted by Gasteiger charge is 2.44. The summed E-state index contributed by atoms with van der Waals surface area (Å²) in [6, 6.07) is 12.4. The summed E-state index contributed by atoms with van der Waals surface area (Å²) >= 11 is 0. The van der Waals surface area contributed by atoms with Gasteiger partial charge in [-0.15, -0.1) is 0 Å². The third kappa shape index (κ3) is 5.94. The van der Waals surface area contributed by atoms with E-state index in [-0.39, 0.29) is 11.3 Å². The number of carbonyl (C=O) groups is 2. The number of piperidine rings is 1. The van der Waals surface area contributed by atoms with Crippen molar-refractivity contribution in [1.29, 1.82) is 0 Å². The Morgan fingerprint density at radius 2 is 1.85 bits per heavy atom. The summed E-state index contributed by atoms with van der Waals surface area (Å²) in [5.74, 6) is -1.53. The first-order valence-corrected chi connectivity index (χ1v) is 10.6. The molecule has 1 saturated heterocycles. The predicted molar refractivity (Wildman–Crippen MR) is 114 cm³/mol. The molecule has 0 aliphatic carbocycles. The van der Waals surface area contributed by atoms with Crippen LogP contribution in [0.4, 0.5) is 18.9 Å². The molecule has 1 spiro atoms. The van der Waals surface area contributed by atoms with Gasteiger partial charge in [-0.05, 0) is 49.7 Å². The van der Waals surface area contributed by atoms with Crippen molar-refractivity contribution in [3.63, 3.8) is 0 Å². The SMILES string of the molecule is COCCN1C(=O)CC2(CCN(Cc3ccco3)CC2)c2ccccc21.O=C(O)C(F)(F)F. The fourth-order valence-electron chi connectivity index (χ4n) is 4.41. The van der Waals surface area contributed by atoms with Crippen LogP contribution in [-0.2, 0) is 26.3 Å². The summed E-state index contributed by atoms with van der Waals surface area (Å²) in [7, 11) is 1.68. The number of hydrogen-bond donors (Lipinski definition) is 1. The molecule has 0 atom stereocenters. The summed E-state index contributed by atoms with van der Waals surface area (Å²) in [4.78, 5) is 26.1. The van der Waals surface area contributed by atoms with Crippen LogP contribution in [0.2, 0.25) is 0 Å². The maximum Gasteiger partial charge on any atom is 0.490 e. The number of alkyl halides is 3. The van der Waals surface area contributed by atoms with Gasteiger partial charge in [0.2, 0.25) is 5.91 Å². The number of anilines is 1. The maximum atomic E-state index is 12.9. The fraction of sp³-hybridized carbons (Fsp3) is 0.478. The molecule has 2 aliphatic heterocycles. The molecule has 10 heteroatoms. The molecule has 0 unspecified atom stereocenters. The van der Waals surface area contributed by atoms with Crippen LogP contribution in [0.1, 0.15) is 30.6 Å². The van der Waals surface area contributed by atoms with E-state index < -0.39 is 12.1 Å². The average Bonchev–Trinajstić information content (AvgIpc) is 3.28. The Kier molecular flexibility index (Phi) is 7.80. The Hall–Kier alpha value is -2.85. The highest BCUT2D eigenvalue weighted by atomic mass is 19.4.